The summed E-state index contributed by atoms with van der Waals surface area (Å²) in [6, 6.07) is 0.124. The van der Waals surface area contributed by atoms with E-state index in [-0.39, 0.29) is 17.9 Å². The molecule has 0 bridgehead atoms. The molecule has 0 aliphatic heterocycles. The van der Waals surface area contributed by atoms with Crippen LogP contribution in [0.25, 0.3) is 0 Å². The van der Waals surface area contributed by atoms with E-state index in [2.05, 4.69) is 26.1 Å². The Bertz CT molecular complexity index is 182. The fraction of sp³-hybridized carbons (Fsp3) is 0.917. The van der Waals surface area contributed by atoms with Gasteiger partial charge in [0.05, 0.1) is 0 Å². The maximum absolute atomic E-state index is 11.7. The third kappa shape index (κ3) is 6.77. The van der Waals surface area contributed by atoms with Gasteiger partial charge in [0, 0.05) is 17.8 Å². The molecule has 0 rings (SSSR count). The Labute approximate surface area is 98.8 Å². The molecule has 0 aliphatic carbocycles. The SMILES string of the molecule is CCCC(C)C(=O)NC(CCl)CC(C)C. The zero-order chi connectivity index (χ0) is 11.8. The van der Waals surface area contributed by atoms with Gasteiger partial charge >= 0.3 is 0 Å². The number of amides is 1. The molecule has 0 heterocycles. The van der Waals surface area contributed by atoms with Crippen LogP contribution >= 0.6 is 11.6 Å². The normalized spacial score (nSPS) is 15.1. The molecule has 2 nitrogen and oxygen atoms in total. The van der Waals surface area contributed by atoms with E-state index in [0.29, 0.717) is 11.8 Å². The Morgan fingerprint density at radius 3 is 2.33 bits per heavy atom. The van der Waals surface area contributed by atoms with E-state index in [1.165, 1.54) is 0 Å². The average Bonchev–Trinajstić information content (AvgIpc) is 2.16. The highest BCUT2D eigenvalue weighted by Gasteiger charge is 2.17. The first-order valence-electron chi connectivity index (χ1n) is 5.87. The first-order valence-corrected chi connectivity index (χ1v) is 6.41. The number of nitrogens with one attached hydrogen (secondary N) is 1. The Balaban J connectivity index is 4.00. The van der Waals surface area contributed by atoms with Crippen molar-refractivity contribution in [2.24, 2.45) is 11.8 Å². The van der Waals surface area contributed by atoms with Crippen LogP contribution < -0.4 is 5.32 Å². The van der Waals surface area contributed by atoms with E-state index in [1.54, 1.807) is 0 Å². The molecule has 0 fully saturated rings. The summed E-state index contributed by atoms with van der Waals surface area (Å²) in [4.78, 5) is 11.7. The quantitative estimate of drug-likeness (QED) is 0.673. The van der Waals surface area contributed by atoms with Gasteiger partial charge in [-0.25, -0.2) is 0 Å². The molecular weight excluding hydrogens is 210 g/mol. The van der Waals surface area contributed by atoms with Crippen LogP contribution in [0, 0.1) is 11.8 Å². The van der Waals surface area contributed by atoms with E-state index >= 15 is 0 Å². The van der Waals surface area contributed by atoms with Crippen LogP contribution in [0.3, 0.4) is 0 Å². The van der Waals surface area contributed by atoms with E-state index in [9.17, 15) is 4.79 Å². The van der Waals surface area contributed by atoms with Crippen LogP contribution in [0.15, 0.2) is 0 Å². The summed E-state index contributed by atoms with van der Waals surface area (Å²) in [5.41, 5.74) is 0. The maximum atomic E-state index is 11.7. The number of carbonyl (C=O) groups is 1. The molecule has 90 valence electrons. The third-order valence-corrected chi connectivity index (χ3v) is 2.83. The van der Waals surface area contributed by atoms with E-state index in [4.69, 9.17) is 11.6 Å². The predicted octanol–water partition coefficient (Wildman–Crippen LogP) is 3.19. The number of carbonyl (C=O) groups excluding carboxylic acids is 1. The Morgan fingerprint density at radius 2 is 1.93 bits per heavy atom. The second kappa shape index (κ2) is 7.98. The second-order valence-electron chi connectivity index (χ2n) is 4.68. The van der Waals surface area contributed by atoms with Crippen molar-refractivity contribution >= 4 is 17.5 Å². The molecule has 0 saturated heterocycles. The minimum atomic E-state index is 0.105. The highest BCUT2D eigenvalue weighted by Crippen LogP contribution is 2.09. The molecule has 1 N–H and O–H groups in total. The van der Waals surface area contributed by atoms with Gasteiger partial charge in [0.2, 0.25) is 5.91 Å². The van der Waals surface area contributed by atoms with Gasteiger partial charge in [-0.2, -0.15) is 0 Å². The number of rotatable bonds is 7. The molecule has 15 heavy (non-hydrogen) atoms. The lowest BCUT2D eigenvalue weighted by molar-refractivity contribution is -0.125. The molecule has 0 aromatic rings. The van der Waals surface area contributed by atoms with Gasteiger partial charge in [0.1, 0.15) is 0 Å². The van der Waals surface area contributed by atoms with Crippen molar-refractivity contribution in [3.8, 4) is 0 Å². The highest BCUT2D eigenvalue weighted by atomic mass is 35.5. The summed E-state index contributed by atoms with van der Waals surface area (Å²) in [5, 5.41) is 3.01. The van der Waals surface area contributed by atoms with Crippen LogP contribution in [-0.4, -0.2) is 17.8 Å². The van der Waals surface area contributed by atoms with Gasteiger partial charge in [-0.3, -0.25) is 4.79 Å². The van der Waals surface area contributed by atoms with E-state index < -0.39 is 0 Å². The average molecular weight is 234 g/mol. The Kier molecular flexibility index (Phi) is 7.85. The van der Waals surface area contributed by atoms with Gasteiger partial charge in [-0.1, -0.05) is 34.1 Å². The van der Waals surface area contributed by atoms with Gasteiger partial charge in [0.25, 0.3) is 0 Å². The van der Waals surface area contributed by atoms with Crippen LogP contribution in [-0.2, 0) is 4.79 Å². The van der Waals surface area contributed by atoms with Crippen molar-refractivity contribution in [1.82, 2.24) is 5.32 Å². The smallest absolute Gasteiger partial charge is 0.223 e. The summed E-state index contributed by atoms with van der Waals surface area (Å²) in [6.45, 7) is 8.35. The molecule has 0 aromatic carbocycles. The first kappa shape index (κ1) is 14.8. The number of hydrogen-bond donors (Lipinski definition) is 1. The summed E-state index contributed by atoms with van der Waals surface area (Å²) in [5.74, 6) is 1.31. The standard InChI is InChI=1S/C12H24ClNO/c1-5-6-10(4)12(15)14-11(8-13)7-9(2)3/h9-11H,5-8H2,1-4H3,(H,14,15). The fourth-order valence-electron chi connectivity index (χ4n) is 1.64. The van der Waals surface area contributed by atoms with Gasteiger partial charge in [-0.15, -0.1) is 11.6 Å². The molecule has 3 heteroatoms. The number of hydrogen-bond acceptors (Lipinski definition) is 1. The predicted molar refractivity (Wildman–Crippen MR) is 66.2 cm³/mol. The van der Waals surface area contributed by atoms with Gasteiger partial charge < -0.3 is 5.32 Å². The molecule has 0 spiro atoms. The van der Waals surface area contributed by atoms with Crippen molar-refractivity contribution in [3.05, 3.63) is 0 Å². The fourth-order valence-corrected chi connectivity index (χ4v) is 1.84. The lowest BCUT2D eigenvalue weighted by Crippen LogP contribution is -2.40. The van der Waals surface area contributed by atoms with Crippen molar-refractivity contribution < 1.29 is 4.79 Å². The third-order valence-electron chi connectivity index (χ3n) is 2.46. The van der Waals surface area contributed by atoms with Crippen LogP contribution in [0.2, 0.25) is 0 Å². The molecule has 2 unspecified atom stereocenters. The molecule has 0 saturated carbocycles. The number of alkyl halides is 1. The molecule has 0 aliphatic rings. The van der Waals surface area contributed by atoms with Crippen LogP contribution in [0.1, 0.15) is 47.0 Å². The summed E-state index contributed by atoms with van der Waals surface area (Å²) in [6.07, 6.45) is 2.95. The van der Waals surface area contributed by atoms with Crippen LogP contribution in [0.5, 0.6) is 0 Å². The van der Waals surface area contributed by atoms with Crippen molar-refractivity contribution in [2.45, 2.75) is 53.0 Å². The second-order valence-corrected chi connectivity index (χ2v) is 4.99. The lowest BCUT2D eigenvalue weighted by Gasteiger charge is -2.20. The minimum absolute atomic E-state index is 0.105. The van der Waals surface area contributed by atoms with Crippen LogP contribution in [0.4, 0.5) is 0 Å². The van der Waals surface area contributed by atoms with E-state index in [0.717, 1.165) is 19.3 Å². The topological polar surface area (TPSA) is 29.1 Å². The Hall–Kier alpha value is -0.240. The molecule has 0 aromatic heterocycles. The van der Waals surface area contributed by atoms with Crippen molar-refractivity contribution in [1.29, 1.82) is 0 Å². The highest BCUT2D eigenvalue weighted by molar-refractivity contribution is 6.18. The molecule has 0 radical (unpaired) electrons. The van der Waals surface area contributed by atoms with Gasteiger partial charge in [0.15, 0.2) is 0 Å². The van der Waals surface area contributed by atoms with Gasteiger partial charge in [-0.05, 0) is 18.8 Å². The summed E-state index contributed by atoms with van der Waals surface area (Å²) >= 11 is 5.82. The lowest BCUT2D eigenvalue weighted by atomic mass is 10.0. The maximum Gasteiger partial charge on any atom is 0.223 e. The van der Waals surface area contributed by atoms with E-state index in [1.807, 2.05) is 6.92 Å². The summed E-state index contributed by atoms with van der Waals surface area (Å²) in [7, 11) is 0. The zero-order valence-electron chi connectivity index (χ0n) is 10.3. The van der Waals surface area contributed by atoms with Crippen molar-refractivity contribution in [2.75, 3.05) is 5.88 Å². The monoisotopic (exact) mass is 233 g/mol. The molecular formula is C12H24ClNO. The molecule has 1 amide bonds. The summed E-state index contributed by atoms with van der Waals surface area (Å²) < 4.78 is 0. The molecule has 2 atom stereocenters. The van der Waals surface area contributed by atoms with Crippen molar-refractivity contribution in [3.63, 3.8) is 0 Å². The zero-order valence-corrected chi connectivity index (χ0v) is 11.1. The first-order chi connectivity index (χ1) is 7.01. The Morgan fingerprint density at radius 1 is 1.33 bits per heavy atom. The largest absolute Gasteiger partial charge is 0.352 e. The minimum Gasteiger partial charge on any atom is -0.352 e. The number of halogens is 1.